The van der Waals surface area contributed by atoms with Crippen molar-refractivity contribution in [3.8, 4) is 5.75 Å². The van der Waals surface area contributed by atoms with Gasteiger partial charge < -0.3 is 9.64 Å². The largest absolute Gasteiger partial charge is 0.493 e. The zero-order chi connectivity index (χ0) is 21.7. The first-order chi connectivity index (χ1) is 14.5. The summed E-state index contributed by atoms with van der Waals surface area (Å²) in [5.74, 6) is -0.191. The summed E-state index contributed by atoms with van der Waals surface area (Å²) in [4.78, 5) is 41.6. The zero-order valence-electron chi connectivity index (χ0n) is 17.8. The fraction of sp³-hybridized carbons (Fsp3) is 0.375. The fourth-order valence-corrected chi connectivity index (χ4v) is 3.71. The maximum Gasteiger partial charge on any atom is 0.261 e. The molecule has 0 aromatic heterocycles. The number of ether oxygens (including phenoxy) is 1. The maximum atomic E-state index is 13.2. The van der Waals surface area contributed by atoms with E-state index in [1.165, 1.54) is 4.90 Å². The van der Waals surface area contributed by atoms with Crippen LogP contribution in [0.3, 0.4) is 0 Å². The molecule has 3 rings (SSSR count). The average Bonchev–Trinajstić information content (AvgIpc) is 2.99. The van der Waals surface area contributed by atoms with Crippen LogP contribution < -0.4 is 4.74 Å². The van der Waals surface area contributed by atoms with Crippen molar-refractivity contribution in [3.63, 3.8) is 0 Å². The highest BCUT2D eigenvalue weighted by Crippen LogP contribution is 2.27. The second-order valence-corrected chi connectivity index (χ2v) is 7.30. The van der Waals surface area contributed by atoms with Gasteiger partial charge in [-0.2, -0.15) is 0 Å². The Morgan fingerprint density at radius 2 is 1.53 bits per heavy atom. The van der Waals surface area contributed by atoms with E-state index in [-0.39, 0.29) is 24.3 Å². The van der Waals surface area contributed by atoms with E-state index in [0.29, 0.717) is 47.7 Å². The first-order valence-electron chi connectivity index (χ1n) is 10.5. The van der Waals surface area contributed by atoms with Gasteiger partial charge in [-0.05, 0) is 49.6 Å². The molecule has 0 spiro atoms. The van der Waals surface area contributed by atoms with E-state index in [2.05, 4.69) is 0 Å². The molecule has 3 amide bonds. The van der Waals surface area contributed by atoms with Gasteiger partial charge in [0.25, 0.3) is 17.7 Å². The molecule has 0 bridgehead atoms. The third kappa shape index (κ3) is 4.22. The minimum absolute atomic E-state index is 0.0913. The fourth-order valence-electron chi connectivity index (χ4n) is 3.71. The number of hydrogen-bond donors (Lipinski definition) is 0. The van der Waals surface area contributed by atoms with Gasteiger partial charge in [0.1, 0.15) is 5.75 Å². The molecule has 0 atom stereocenters. The first-order valence-corrected chi connectivity index (χ1v) is 10.5. The Bertz CT molecular complexity index is 913. The van der Waals surface area contributed by atoms with Crippen LogP contribution in [-0.2, 0) is 6.54 Å². The van der Waals surface area contributed by atoms with E-state index < -0.39 is 0 Å². The second-order valence-electron chi connectivity index (χ2n) is 7.30. The van der Waals surface area contributed by atoms with Gasteiger partial charge >= 0.3 is 0 Å². The van der Waals surface area contributed by atoms with E-state index in [4.69, 9.17) is 4.74 Å². The summed E-state index contributed by atoms with van der Waals surface area (Å²) in [6.45, 7) is 7.84. The van der Waals surface area contributed by atoms with Crippen molar-refractivity contribution in [2.75, 3.05) is 19.7 Å². The van der Waals surface area contributed by atoms with Crippen molar-refractivity contribution >= 4 is 17.7 Å². The molecule has 0 saturated heterocycles. The third-order valence-electron chi connectivity index (χ3n) is 5.07. The molecular formula is C24H28N2O4. The smallest absolute Gasteiger partial charge is 0.261 e. The number of hydrogen-bond acceptors (Lipinski definition) is 4. The van der Waals surface area contributed by atoms with Crippen molar-refractivity contribution < 1.29 is 19.1 Å². The van der Waals surface area contributed by atoms with Crippen LogP contribution >= 0.6 is 0 Å². The maximum absolute atomic E-state index is 13.2. The van der Waals surface area contributed by atoms with Gasteiger partial charge in [-0.1, -0.05) is 32.0 Å². The predicted octanol–water partition coefficient (Wildman–Crippen LogP) is 4.14. The molecule has 6 nitrogen and oxygen atoms in total. The minimum Gasteiger partial charge on any atom is -0.493 e. The lowest BCUT2D eigenvalue weighted by Gasteiger charge is -2.23. The van der Waals surface area contributed by atoms with Gasteiger partial charge in [0.15, 0.2) is 0 Å². The van der Waals surface area contributed by atoms with Crippen LogP contribution in [-0.4, -0.2) is 47.2 Å². The number of nitrogens with zero attached hydrogens (tertiary/aromatic N) is 2. The van der Waals surface area contributed by atoms with E-state index >= 15 is 0 Å². The van der Waals surface area contributed by atoms with Gasteiger partial charge in [-0.3, -0.25) is 19.3 Å². The summed E-state index contributed by atoms with van der Waals surface area (Å²) in [6.07, 6.45) is 1.73. The van der Waals surface area contributed by atoms with Crippen molar-refractivity contribution in [3.05, 3.63) is 64.7 Å². The number of carbonyl (C=O) groups is 3. The van der Waals surface area contributed by atoms with Crippen LogP contribution in [0.1, 0.15) is 70.3 Å². The SMILES string of the molecule is CCCN(CCC)C(=O)c1cc(CN2C(=O)c3ccccc3C2=O)ccc1OCC. The molecule has 0 fully saturated rings. The number of fused-ring (bicyclic) bond motifs is 1. The quantitative estimate of drug-likeness (QED) is 0.585. The molecule has 0 unspecified atom stereocenters. The highest BCUT2D eigenvalue weighted by atomic mass is 16.5. The molecule has 2 aromatic rings. The topological polar surface area (TPSA) is 66.9 Å². The molecule has 158 valence electrons. The highest BCUT2D eigenvalue weighted by Gasteiger charge is 2.35. The van der Waals surface area contributed by atoms with Crippen LogP contribution in [0.5, 0.6) is 5.75 Å². The van der Waals surface area contributed by atoms with E-state index in [9.17, 15) is 14.4 Å². The summed E-state index contributed by atoms with van der Waals surface area (Å²) >= 11 is 0. The van der Waals surface area contributed by atoms with Crippen LogP contribution in [0.15, 0.2) is 42.5 Å². The monoisotopic (exact) mass is 408 g/mol. The Balaban J connectivity index is 1.90. The standard InChI is InChI=1S/C24H28N2O4/c1-4-13-25(14-5-2)22(27)20-15-17(11-12-21(20)30-6-3)16-26-23(28)18-9-7-8-10-19(18)24(26)29/h7-12,15H,4-6,13-14,16H2,1-3H3. The molecule has 0 N–H and O–H groups in total. The summed E-state index contributed by atoms with van der Waals surface area (Å²) in [6, 6.07) is 12.1. The Labute approximate surface area is 177 Å². The molecule has 0 aliphatic carbocycles. The van der Waals surface area contributed by atoms with Crippen LogP contribution in [0.25, 0.3) is 0 Å². The molecule has 0 radical (unpaired) electrons. The summed E-state index contributed by atoms with van der Waals surface area (Å²) in [7, 11) is 0. The van der Waals surface area contributed by atoms with Crippen LogP contribution in [0.4, 0.5) is 0 Å². The molecule has 2 aromatic carbocycles. The van der Waals surface area contributed by atoms with Crippen LogP contribution in [0, 0.1) is 0 Å². The lowest BCUT2D eigenvalue weighted by molar-refractivity contribution is 0.0642. The van der Waals surface area contributed by atoms with Gasteiger partial charge in [0.05, 0.1) is 29.8 Å². The third-order valence-corrected chi connectivity index (χ3v) is 5.07. The second kappa shape index (κ2) is 9.57. The summed E-state index contributed by atoms with van der Waals surface area (Å²) in [5, 5.41) is 0. The van der Waals surface area contributed by atoms with Gasteiger partial charge in [0, 0.05) is 13.1 Å². The molecular weight excluding hydrogens is 380 g/mol. The molecule has 6 heteroatoms. The molecule has 1 aliphatic heterocycles. The number of benzene rings is 2. The van der Waals surface area contributed by atoms with Gasteiger partial charge in [-0.15, -0.1) is 0 Å². The lowest BCUT2D eigenvalue weighted by Crippen LogP contribution is -2.33. The molecule has 0 saturated carbocycles. The predicted molar refractivity (Wildman–Crippen MR) is 115 cm³/mol. The Hall–Kier alpha value is -3.15. The summed E-state index contributed by atoms with van der Waals surface area (Å²) in [5.41, 5.74) is 2.01. The van der Waals surface area contributed by atoms with Gasteiger partial charge in [-0.25, -0.2) is 0 Å². The minimum atomic E-state index is -0.309. The van der Waals surface area contributed by atoms with Crippen molar-refractivity contribution in [1.29, 1.82) is 0 Å². The van der Waals surface area contributed by atoms with E-state index in [0.717, 1.165) is 12.8 Å². The highest BCUT2D eigenvalue weighted by molar-refractivity contribution is 6.21. The molecule has 1 heterocycles. The van der Waals surface area contributed by atoms with Crippen molar-refractivity contribution in [2.45, 2.75) is 40.2 Å². The van der Waals surface area contributed by atoms with E-state index in [1.54, 1.807) is 42.5 Å². The number of imide groups is 1. The zero-order valence-corrected chi connectivity index (χ0v) is 17.8. The average molecular weight is 408 g/mol. The summed E-state index contributed by atoms with van der Waals surface area (Å²) < 4.78 is 5.69. The number of amides is 3. The van der Waals surface area contributed by atoms with Crippen LogP contribution in [0.2, 0.25) is 0 Å². The Morgan fingerprint density at radius 3 is 2.07 bits per heavy atom. The number of rotatable bonds is 9. The first kappa shape index (κ1) is 21.6. The molecule has 1 aliphatic rings. The number of carbonyl (C=O) groups excluding carboxylic acids is 3. The van der Waals surface area contributed by atoms with Gasteiger partial charge in [0.2, 0.25) is 0 Å². The Morgan fingerprint density at radius 1 is 0.933 bits per heavy atom. The van der Waals surface area contributed by atoms with Crippen molar-refractivity contribution in [1.82, 2.24) is 9.80 Å². The molecule has 30 heavy (non-hydrogen) atoms. The normalized spacial score (nSPS) is 12.8. The van der Waals surface area contributed by atoms with E-state index in [1.807, 2.05) is 25.7 Å². The Kier molecular flexibility index (Phi) is 6.87. The lowest BCUT2D eigenvalue weighted by atomic mass is 10.1. The van der Waals surface area contributed by atoms with Crippen molar-refractivity contribution in [2.24, 2.45) is 0 Å².